The molecule has 0 saturated heterocycles. The number of carbonyl (C=O) groups is 1. The number of aliphatic hydroxyl groups is 1. The Morgan fingerprint density at radius 3 is 2.74 bits per heavy atom. The van der Waals surface area contributed by atoms with Crippen molar-refractivity contribution >= 4 is 22.6 Å². The molecule has 6 heteroatoms. The number of aliphatic hydroxyl groups excluding tert-OH is 1. The van der Waals surface area contributed by atoms with E-state index in [0.29, 0.717) is 12.3 Å². The van der Waals surface area contributed by atoms with Gasteiger partial charge in [-0.3, -0.25) is 9.78 Å². The van der Waals surface area contributed by atoms with E-state index in [1.54, 1.807) is 0 Å². The lowest BCUT2D eigenvalue weighted by molar-refractivity contribution is -0.117. The van der Waals surface area contributed by atoms with Crippen molar-refractivity contribution in [3.63, 3.8) is 0 Å². The van der Waals surface area contributed by atoms with Crippen LogP contribution >= 0.6 is 0 Å². The molecule has 1 saturated carbocycles. The molecule has 0 aromatic carbocycles. The van der Waals surface area contributed by atoms with Gasteiger partial charge in [0.25, 0.3) is 0 Å². The summed E-state index contributed by atoms with van der Waals surface area (Å²) in [4.78, 5) is 26.6. The summed E-state index contributed by atoms with van der Waals surface area (Å²) in [5, 5.41) is 10.8. The Morgan fingerprint density at radius 1 is 1.11 bits per heavy atom. The predicted molar refractivity (Wildman–Crippen MR) is 103 cm³/mol. The van der Waals surface area contributed by atoms with Crippen LogP contribution in [0.15, 0.2) is 36.8 Å². The Balaban J connectivity index is 1.44. The summed E-state index contributed by atoms with van der Waals surface area (Å²) in [6.07, 6.45) is 9.37. The van der Waals surface area contributed by atoms with Crippen molar-refractivity contribution in [2.24, 2.45) is 5.92 Å². The van der Waals surface area contributed by atoms with Crippen molar-refractivity contribution in [3.8, 4) is 11.1 Å². The number of hydrogen-bond donors (Lipinski definition) is 2. The molecule has 0 atom stereocenters. The molecule has 0 radical (unpaired) electrons. The molecular weight excluding hydrogens is 340 g/mol. The Hall–Kier alpha value is -2.73. The molecule has 4 heterocycles. The second kappa shape index (κ2) is 6.46. The molecule has 1 amide bonds. The van der Waals surface area contributed by atoms with E-state index in [2.05, 4.69) is 27.1 Å². The normalized spacial score (nSPS) is 22.4. The minimum atomic E-state index is -0.174. The van der Waals surface area contributed by atoms with Gasteiger partial charge in [0.15, 0.2) is 0 Å². The van der Waals surface area contributed by atoms with E-state index in [1.165, 1.54) is 0 Å². The van der Waals surface area contributed by atoms with Crippen molar-refractivity contribution in [2.75, 3.05) is 11.4 Å². The van der Waals surface area contributed by atoms with Gasteiger partial charge in [-0.15, -0.1) is 0 Å². The maximum absolute atomic E-state index is 12.6. The van der Waals surface area contributed by atoms with Crippen molar-refractivity contribution in [1.82, 2.24) is 15.0 Å². The van der Waals surface area contributed by atoms with Gasteiger partial charge >= 0.3 is 0 Å². The molecule has 2 N–H and O–H groups in total. The molecule has 5 rings (SSSR count). The molecule has 0 bridgehead atoms. The minimum Gasteiger partial charge on any atom is -0.393 e. The van der Waals surface area contributed by atoms with Crippen molar-refractivity contribution < 1.29 is 9.90 Å². The molecule has 0 spiro atoms. The second-order valence-electron chi connectivity index (χ2n) is 7.68. The summed E-state index contributed by atoms with van der Waals surface area (Å²) in [6, 6.07) is 6.16. The van der Waals surface area contributed by atoms with Gasteiger partial charge in [-0.05, 0) is 49.8 Å². The number of pyridine rings is 2. The molecule has 1 fully saturated rings. The van der Waals surface area contributed by atoms with Gasteiger partial charge in [-0.1, -0.05) is 0 Å². The highest BCUT2D eigenvalue weighted by Gasteiger charge is 2.32. The highest BCUT2D eigenvalue weighted by atomic mass is 16.3. The lowest BCUT2D eigenvalue weighted by atomic mass is 9.87. The molecule has 3 aromatic heterocycles. The first-order chi connectivity index (χ1) is 13.2. The van der Waals surface area contributed by atoms with Gasteiger partial charge in [0, 0.05) is 41.6 Å². The summed E-state index contributed by atoms with van der Waals surface area (Å²) in [5.74, 6) is 0.574. The number of amides is 1. The Morgan fingerprint density at radius 2 is 1.89 bits per heavy atom. The molecule has 3 aromatic rings. The minimum absolute atomic E-state index is 0.125. The standard InChI is InChI=1S/C21H22N4O2/c26-17-3-1-13(2-4-17)12-25-19-8-16(10-23-18(19)9-20(25)27)15-7-14-5-6-22-21(14)24-11-15/h5-8,10-11,13,17,26H,1-4,9,12H2,(H,22,24). The average molecular weight is 362 g/mol. The number of carbonyl (C=O) groups excluding carboxylic acids is 1. The molecule has 1 aliphatic heterocycles. The van der Waals surface area contributed by atoms with E-state index in [0.717, 1.165) is 65.8 Å². The van der Waals surface area contributed by atoms with Crippen LogP contribution < -0.4 is 4.90 Å². The zero-order chi connectivity index (χ0) is 18.4. The van der Waals surface area contributed by atoms with Gasteiger partial charge in [0.1, 0.15) is 5.65 Å². The number of anilines is 1. The van der Waals surface area contributed by atoms with Gasteiger partial charge in [0.05, 0.1) is 23.9 Å². The first-order valence-corrected chi connectivity index (χ1v) is 9.58. The first-order valence-electron chi connectivity index (χ1n) is 9.58. The summed E-state index contributed by atoms with van der Waals surface area (Å²) in [7, 11) is 0. The number of fused-ring (bicyclic) bond motifs is 2. The van der Waals surface area contributed by atoms with Crippen LogP contribution in [0.5, 0.6) is 0 Å². The lowest BCUT2D eigenvalue weighted by Crippen LogP contribution is -2.34. The number of rotatable bonds is 3. The number of nitrogens with zero attached hydrogens (tertiary/aromatic N) is 3. The molecule has 138 valence electrons. The monoisotopic (exact) mass is 362 g/mol. The molecule has 1 aliphatic carbocycles. The van der Waals surface area contributed by atoms with Crippen LogP contribution in [-0.2, 0) is 11.2 Å². The van der Waals surface area contributed by atoms with Crippen LogP contribution in [-0.4, -0.2) is 38.6 Å². The maximum atomic E-state index is 12.6. The van der Waals surface area contributed by atoms with Gasteiger partial charge in [0.2, 0.25) is 5.91 Å². The zero-order valence-electron chi connectivity index (χ0n) is 15.1. The van der Waals surface area contributed by atoms with Crippen LogP contribution in [0.2, 0.25) is 0 Å². The van der Waals surface area contributed by atoms with Crippen molar-refractivity contribution in [2.45, 2.75) is 38.2 Å². The van der Waals surface area contributed by atoms with E-state index in [1.807, 2.05) is 29.6 Å². The van der Waals surface area contributed by atoms with Gasteiger partial charge in [-0.2, -0.15) is 0 Å². The maximum Gasteiger partial charge on any atom is 0.233 e. The topological polar surface area (TPSA) is 82.1 Å². The van der Waals surface area contributed by atoms with Crippen LogP contribution in [0, 0.1) is 5.92 Å². The van der Waals surface area contributed by atoms with E-state index < -0.39 is 0 Å². The smallest absolute Gasteiger partial charge is 0.233 e. The molecule has 27 heavy (non-hydrogen) atoms. The number of H-pyrrole nitrogens is 1. The highest BCUT2D eigenvalue weighted by molar-refractivity contribution is 6.01. The average Bonchev–Trinajstić information content (AvgIpc) is 3.27. The molecule has 6 nitrogen and oxygen atoms in total. The third-order valence-corrected chi connectivity index (χ3v) is 5.85. The first kappa shape index (κ1) is 16.4. The highest BCUT2D eigenvalue weighted by Crippen LogP contribution is 2.34. The molecule has 2 aliphatic rings. The van der Waals surface area contributed by atoms with E-state index in [-0.39, 0.29) is 12.0 Å². The third-order valence-electron chi connectivity index (χ3n) is 5.85. The predicted octanol–water partition coefficient (Wildman–Crippen LogP) is 3.07. The Kier molecular flexibility index (Phi) is 3.93. The van der Waals surface area contributed by atoms with Gasteiger partial charge < -0.3 is 15.0 Å². The molecular formula is C21H22N4O2. The summed E-state index contributed by atoms with van der Waals surface area (Å²) < 4.78 is 0. The summed E-state index contributed by atoms with van der Waals surface area (Å²) >= 11 is 0. The zero-order valence-corrected chi connectivity index (χ0v) is 15.1. The fourth-order valence-corrected chi connectivity index (χ4v) is 4.27. The van der Waals surface area contributed by atoms with Crippen molar-refractivity contribution in [1.29, 1.82) is 0 Å². The quantitative estimate of drug-likeness (QED) is 0.750. The number of hydrogen-bond acceptors (Lipinski definition) is 4. The number of nitrogens with one attached hydrogen (secondary N) is 1. The summed E-state index contributed by atoms with van der Waals surface area (Å²) in [5.41, 5.74) is 4.62. The Bertz CT molecular complexity index is 1000. The van der Waals surface area contributed by atoms with Crippen LogP contribution in [0.4, 0.5) is 5.69 Å². The van der Waals surface area contributed by atoms with E-state index >= 15 is 0 Å². The molecule has 0 unspecified atom stereocenters. The van der Waals surface area contributed by atoms with E-state index in [9.17, 15) is 9.90 Å². The third kappa shape index (κ3) is 3.00. The SMILES string of the molecule is O=C1Cc2ncc(-c3cnc4[nH]ccc4c3)cc2N1CC1CCC(O)CC1. The second-order valence-corrected chi connectivity index (χ2v) is 7.68. The fraction of sp³-hybridized carbons (Fsp3) is 0.381. The number of aromatic nitrogens is 3. The fourth-order valence-electron chi connectivity index (χ4n) is 4.27. The van der Waals surface area contributed by atoms with Crippen molar-refractivity contribution in [3.05, 3.63) is 42.5 Å². The largest absolute Gasteiger partial charge is 0.393 e. The van der Waals surface area contributed by atoms with Crippen LogP contribution in [0.1, 0.15) is 31.4 Å². The van der Waals surface area contributed by atoms with Gasteiger partial charge in [-0.25, -0.2) is 4.98 Å². The lowest BCUT2D eigenvalue weighted by Gasteiger charge is -2.29. The van der Waals surface area contributed by atoms with Crippen LogP contribution in [0.3, 0.4) is 0 Å². The van der Waals surface area contributed by atoms with E-state index in [4.69, 9.17) is 0 Å². The number of aromatic amines is 1. The Labute approximate surface area is 157 Å². The summed E-state index contributed by atoms with van der Waals surface area (Å²) in [6.45, 7) is 0.721. The van der Waals surface area contributed by atoms with Crippen LogP contribution in [0.25, 0.3) is 22.2 Å².